The molecule has 4 rings (SSSR count). The third kappa shape index (κ3) is 4.64. The standard InChI is InChI=1S/C21H20N4O5S/c1-3-25-20(16-5-4-6-17-19(16)29-12-28-17)23-24-21(25)31-11-18(27)22-14-7-9-15(10-8-14)30-13(2)26/h4-10H,3,11-12H2,1-2H3,(H,22,27). The van der Waals surface area contributed by atoms with Crippen molar-refractivity contribution >= 4 is 29.3 Å². The molecular weight excluding hydrogens is 420 g/mol. The Kier molecular flexibility index (Phi) is 6.08. The number of para-hydroxylation sites is 1. The molecule has 0 radical (unpaired) electrons. The van der Waals surface area contributed by atoms with Gasteiger partial charge in [-0.1, -0.05) is 17.8 Å². The SMILES string of the molecule is CCn1c(SCC(=O)Nc2ccc(OC(C)=O)cc2)nnc1-c1cccc2c1OCO2. The Hall–Kier alpha value is -3.53. The summed E-state index contributed by atoms with van der Waals surface area (Å²) in [4.78, 5) is 23.3. The van der Waals surface area contributed by atoms with Crippen LogP contribution in [-0.2, 0) is 16.1 Å². The molecule has 9 nitrogen and oxygen atoms in total. The van der Waals surface area contributed by atoms with Crippen molar-refractivity contribution in [2.75, 3.05) is 17.9 Å². The Balaban J connectivity index is 1.42. The molecule has 0 saturated carbocycles. The average molecular weight is 440 g/mol. The number of hydrogen-bond donors (Lipinski definition) is 1. The number of nitrogens with one attached hydrogen (secondary N) is 1. The van der Waals surface area contributed by atoms with Crippen LogP contribution in [0.1, 0.15) is 13.8 Å². The number of benzene rings is 2. The Morgan fingerprint density at radius 1 is 1.16 bits per heavy atom. The zero-order valence-electron chi connectivity index (χ0n) is 17.0. The molecule has 2 aromatic carbocycles. The van der Waals surface area contributed by atoms with Gasteiger partial charge < -0.3 is 24.1 Å². The molecule has 0 bridgehead atoms. The number of fused-ring (bicyclic) bond motifs is 1. The Labute approximate surface area is 182 Å². The van der Waals surface area contributed by atoms with Crippen LogP contribution in [0.15, 0.2) is 47.6 Å². The molecule has 3 aromatic rings. The summed E-state index contributed by atoms with van der Waals surface area (Å²) in [5.74, 6) is 1.99. The van der Waals surface area contributed by atoms with Crippen molar-refractivity contribution in [3.8, 4) is 28.6 Å². The maximum Gasteiger partial charge on any atom is 0.308 e. The predicted octanol–water partition coefficient (Wildman–Crippen LogP) is 3.35. The van der Waals surface area contributed by atoms with Crippen LogP contribution in [0.5, 0.6) is 17.2 Å². The molecule has 0 aliphatic carbocycles. The summed E-state index contributed by atoms with van der Waals surface area (Å²) in [6.45, 7) is 4.13. The third-order valence-electron chi connectivity index (χ3n) is 4.40. The molecular formula is C21H20N4O5S. The topological polar surface area (TPSA) is 105 Å². The van der Waals surface area contributed by atoms with Crippen LogP contribution in [-0.4, -0.2) is 39.2 Å². The molecule has 2 heterocycles. The van der Waals surface area contributed by atoms with Gasteiger partial charge in [-0.2, -0.15) is 0 Å². The lowest BCUT2D eigenvalue weighted by Crippen LogP contribution is -2.14. The molecule has 1 aliphatic rings. The number of nitrogens with zero attached hydrogens (tertiary/aromatic N) is 3. The van der Waals surface area contributed by atoms with Crippen molar-refractivity contribution in [2.24, 2.45) is 0 Å². The summed E-state index contributed by atoms with van der Waals surface area (Å²) in [6.07, 6.45) is 0. The summed E-state index contributed by atoms with van der Waals surface area (Å²) >= 11 is 1.30. The minimum Gasteiger partial charge on any atom is -0.454 e. The number of carbonyl (C=O) groups is 2. The van der Waals surface area contributed by atoms with Crippen LogP contribution in [0.2, 0.25) is 0 Å². The fourth-order valence-corrected chi connectivity index (χ4v) is 3.89. The third-order valence-corrected chi connectivity index (χ3v) is 5.37. The minimum atomic E-state index is -0.396. The molecule has 160 valence electrons. The number of esters is 1. The second kappa shape index (κ2) is 9.09. The second-order valence-electron chi connectivity index (χ2n) is 6.54. The first-order valence-electron chi connectivity index (χ1n) is 9.58. The fraction of sp³-hybridized carbons (Fsp3) is 0.238. The van der Waals surface area contributed by atoms with Gasteiger partial charge in [0.25, 0.3) is 0 Å². The molecule has 1 aliphatic heterocycles. The van der Waals surface area contributed by atoms with Crippen molar-refractivity contribution in [3.63, 3.8) is 0 Å². The van der Waals surface area contributed by atoms with E-state index < -0.39 is 5.97 Å². The zero-order chi connectivity index (χ0) is 21.8. The number of hydrogen-bond acceptors (Lipinski definition) is 8. The maximum atomic E-state index is 12.4. The average Bonchev–Trinajstić information content (AvgIpc) is 3.39. The van der Waals surface area contributed by atoms with Crippen molar-refractivity contribution < 1.29 is 23.8 Å². The Bertz CT molecular complexity index is 1110. The van der Waals surface area contributed by atoms with E-state index in [4.69, 9.17) is 14.2 Å². The second-order valence-corrected chi connectivity index (χ2v) is 7.49. The van der Waals surface area contributed by atoms with E-state index in [0.717, 1.165) is 5.56 Å². The molecule has 31 heavy (non-hydrogen) atoms. The molecule has 0 unspecified atom stereocenters. The van der Waals surface area contributed by atoms with Gasteiger partial charge in [-0.3, -0.25) is 9.59 Å². The summed E-state index contributed by atoms with van der Waals surface area (Å²) in [6, 6.07) is 12.2. The quantitative estimate of drug-likeness (QED) is 0.339. The van der Waals surface area contributed by atoms with Gasteiger partial charge in [-0.15, -0.1) is 10.2 Å². The highest BCUT2D eigenvalue weighted by molar-refractivity contribution is 7.99. The zero-order valence-corrected chi connectivity index (χ0v) is 17.8. The van der Waals surface area contributed by atoms with Crippen LogP contribution >= 0.6 is 11.8 Å². The number of anilines is 1. The smallest absolute Gasteiger partial charge is 0.308 e. The number of rotatable bonds is 7. The van der Waals surface area contributed by atoms with Crippen molar-refractivity contribution in [1.82, 2.24) is 14.8 Å². The number of thioether (sulfide) groups is 1. The maximum absolute atomic E-state index is 12.4. The van der Waals surface area contributed by atoms with Crippen LogP contribution in [0.3, 0.4) is 0 Å². The fourth-order valence-electron chi connectivity index (χ4n) is 3.09. The van der Waals surface area contributed by atoms with E-state index in [-0.39, 0.29) is 18.5 Å². The van der Waals surface area contributed by atoms with Gasteiger partial charge in [0.1, 0.15) is 5.75 Å². The molecule has 0 saturated heterocycles. The van der Waals surface area contributed by atoms with Crippen molar-refractivity contribution in [3.05, 3.63) is 42.5 Å². The number of aromatic nitrogens is 3. The summed E-state index contributed by atoms with van der Waals surface area (Å²) < 4.78 is 17.9. The first-order valence-corrected chi connectivity index (χ1v) is 10.6. The molecule has 10 heteroatoms. The molecule has 1 aromatic heterocycles. The Morgan fingerprint density at radius 3 is 2.71 bits per heavy atom. The van der Waals surface area contributed by atoms with E-state index in [1.165, 1.54) is 18.7 Å². The van der Waals surface area contributed by atoms with E-state index in [9.17, 15) is 9.59 Å². The van der Waals surface area contributed by atoms with Crippen LogP contribution in [0, 0.1) is 0 Å². The van der Waals surface area contributed by atoms with Gasteiger partial charge in [0.2, 0.25) is 12.7 Å². The molecule has 0 fully saturated rings. The lowest BCUT2D eigenvalue weighted by molar-refractivity contribution is -0.131. The lowest BCUT2D eigenvalue weighted by atomic mass is 10.1. The lowest BCUT2D eigenvalue weighted by Gasteiger charge is -2.09. The van der Waals surface area contributed by atoms with E-state index in [1.807, 2.05) is 29.7 Å². The molecule has 1 amide bonds. The monoisotopic (exact) mass is 440 g/mol. The number of carbonyl (C=O) groups excluding carboxylic acids is 2. The van der Waals surface area contributed by atoms with Gasteiger partial charge in [0.05, 0.1) is 11.3 Å². The highest BCUT2D eigenvalue weighted by Crippen LogP contribution is 2.41. The highest BCUT2D eigenvalue weighted by Gasteiger charge is 2.23. The molecule has 0 spiro atoms. The first-order chi connectivity index (χ1) is 15.0. The number of ether oxygens (including phenoxy) is 3. The van der Waals surface area contributed by atoms with E-state index >= 15 is 0 Å². The van der Waals surface area contributed by atoms with Crippen molar-refractivity contribution in [2.45, 2.75) is 25.5 Å². The summed E-state index contributed by atoms with van der Waals surface area (Å²) in [7, 11) is 0. The summed E-state index contributed by atoms with van der Waals surface area (Å²) in [5, 5.41) is 12.0. The van der Waals surface area contributed by atoms with E-state index in [1.54, 1.807) is 24.3 Å². The molecule has 1 N–H and O–H groups in total. The largest absolute Gasteiger partial charge is 0.454 e. The van der Waals surface area contributed by atoms with Crippen LogP contribution in [0.25, 0.3) is 11.4 Å². The van der Waals surface area contributed by atoms with Crippen molar-refractivity contribution in [1.29, 1.82) is 0 Å². The predicted molar refractivity (Wildman–Crippen MR) is 114 cm³/mol. The van der Waals surface area contributed by atoms with Gasteiger partial charge in [0, 0.05) is 19.2 Å². The van der Waals surface area contributed by atoms with Gasteiger partial charge >= 0.3 is 5.97 Å². The van der Waals surface area contributed by atoms with Crippen LogP contribution < -0.4 is 19.5 Å². The summed E-state index contributed by atoms with van der Waals surface area (Å²) in [5.41, 5.74) is 1.41. The van der Waals surface area contributed by atoms with Gasteiger partial charge in [0.15, 0.2) is 22.5 Å². The normalized spacial score (nSPS) is 11.9. The Morgan fingerprint density at radius 2 is 1.97 bits per heavy atom. The number of amides is 1. The van der Waals surface area contributed by atoms with Gasteiger partial charge in [-0.05, 0) is 43.3 Å². The first kappa shape index (κ1) is 20.7. The highest BCUT2D eigenvalue weighted by atomic mass is 32.2. The van der Waals surface area contributed by atoms with E-state index in [2.05, 4.69) is 15.5 Å². The molecule has 0 atom stereocenters. The van der Waals surface area contributed by atoms with E-state index in [0.29, 0.717) is 40.5 Å². The van der Waals surface area contributed by atoms with Gasteiger partial charge in [-0.25, -0.2) is 0 Å². The van der Waals surface area contributed by atoms with Crippen LogP contribution in [0.4, 0.5) is 5.69 Å². The minimum absolute atomic E-state index is 0.163.